The van der Waals surface area contributed by atoms with Crippen LogP contribution in [-0.4, -0.2) is 33.3 Å². The Morgan fingerprint density at radius 3 is 2.83 bits per heavy atom. The van der Waals surface area contributed by atoms with Crippen molar-refractivity contribution in [1.29, 1.82) is 0 Å². The average molecular weight is 414 g/mol. The van der Waals surface area contributed by atoms with Gasteiger partial charge < -0.3 is 9.84 Å². The number of nitrogens with one attached hydrogen (secondary N) is 2. The van der Waals surface area contributed by atoms with Crippen LogP contribution < -0.4 is 10.2 Å². The standard InChI is InChI=1S/C20H20ClN5O3/c1-11-15(12(2)29-25-11)9-17-18(10-22-24-17)26-19(27)16(23-20(26)28)7-6-13-4-3-5-14(21)8-13/h3-5,8,10,16H,6-7,9H2,1-2H3,(H,22,24)(H,23,28). The summed E-state index contributed by atoms with van der Waals surface area (Å²) in [5.41, 5.74) is 3.77. The molecule has 0 aliphatic carbocycles. The van der Waals surface area contributed by atoms with Crippen LogP contribution in [0.4, 0.5) is 10.5 Å². The largest absolute Gasteiger partial charge is 0.361 e. The highest BCUT2D eigenvalue weighted by molar-refractivity contribution is 6.30. The number of urea groups is 1. The number of H-pyrrole nitrogens is 1. The molecule has 3 amide bonds. The van der Waals surface area contributed by atoms with Crippen LogP contribution in [0.25, 0.3) is 0 Å². The van der Waals surface area contributed by atoms with Crippen LogP contribution in [0.2, 0.25) is 5.02 Å². The van der Waals surface area contributed by atoms with Gasteiger partial charge in [-0.3, -0.25) is 9.89 Å². The van der Waals surface area contributed by atoms with Gasteiger partial charge in [-0.15, -0.1) is 0 Å². The Labute approximate surface area is 172 Å². The molecular formula is C20H20ClN5O3. The van der Waals surface area contributed by atoms with Gasteiger partial charge in [0.05, 0.1) is 23.3 Å². The molecule has 1 aromatic carbocycles. The lowest BCUT2D eigenvalue weighted by atomic mass is 10.0. The number of imide groups is 1. The van der Waals surface area contributed by atoms with Crippen LogP contribution in [-0.2, 0) is 17.6 Å². The van der Waals surface area contributed by atoms with Gasteiger partial charge in [0.25, 0.3) is 5.91 Å². The van der Waals surface area contributed by atoms with Crippen molar-refractivity contribution >= 4 is 29.2 Å². The van der Waals surface area contributed by atoms with Crippen molar-refractivity contribution in [2.45, 2.75) is 39.2 Å². The Kier molecular flexibility index (Phi) is 5.10. The summed E-state index contributed by atoms with van der Waals surface area (Å²) in [6.07, 6.45) is 3.03. The fraction of sp³-hybridized carbons (Fsp3) is 0.300. The van der Waals surface area contributed by atoms with E-state index in [-0.39, 0.29) is 5.91 Å². The van der Waals surface area contributed by atoms with E-state index in [1.54, 1.807) is 6.07 Å². The highest BCUT2D eigenvalue weighted by Crippen LogP contribution is 2.27. The number of hydrogen-bond donors (Lipinski definition) is 2. The number of aryl methyl sites for hydroxylation is 3. The van der Waals surface area contributed by atoms with Crippen molar-refractivity contribution in [2.75, 3.05) is 4.90 Å². The van der Waals surface area contributed by atoms with E-state index in [1.807, 2.05) is 32.0 Å². The van der Waals surface area contributed by atoms with Gasteiger partial charge in [0.1, 0.15) is 11.8 Å². The first-order chi connectivity index (χ1) is 13.9. The number of hydrogen-bond acceptors (Lipinski definition) is 5. The van der Waals surface area contributed by atoms with Gasteiger partial charge in [-0.25, -0.2) is 9.69 Å². The lowest BCUT2D eigenvalue weighted by Crippen LogP contribution is -2.32. The monoisotopic (exact) mass is 413 g/mol. The number of carbonyl (C=O) groups is 2. The highest BCUT2D eigenvalue weighted by atomic mass is 35.5. The van der Waals surface area contributed by atoms with E-state index in [0.717, 1.165) is 21.7 Å². The summed E-state index contributed by atoms with van der Waals surface area (Å²) < 4.78 is 5.20. The van der Waals surface area contributed by atoms with E-state index in [9.17, 15) is 9.59 Å². The van der Waals surface area contributed by atoms with Crippen LogP contribution in [0.15, 0.2) is 35.0 Å². The maximum atomic E-state index is 12.9. The van der Waals surface area contributed by atoms with Gasteiger partial charge in [-0.05, 0) is 44.4 Å². The highest BCUT2D eigenvalue weighted by Gasteiger charge is 2.40. The van der Waals surface area contributed by atoms with Crippen molar-refractivity contribution in [3.05, 3.63) is 63.8 Å². The predicted molar refractivity (Wildman–Crippen MR) is 107 cm³/mol. The van der Waals surface area contributed by atoms with E-state index in [4.69, 9.17) is 16.1 Å². The molecule has 3 heterocycles. The quantitative estimate of drug-likeness (QED) is 0.603. The minimum atomic E-state index is -0.594. The number of anilines is 1. The van der Waals surface area contributed by atoms with Crippen LogP contribution >= 0.6 is 11.6 Å². The van der Waals surface area contributed by atoms with Gasteiger partial charge in [0.2, 0.25) is 0 Å². The first-order valence-corrected chi connectivity index (χ1v) is 9.64. The molecule has 4 rings (SSSR count). The second-order valence-electron chi connectivity index (χ2n) is 7.06. The number of rotatable bonds is 6. The Bertz CT molecular complexity index is 1050. The molecule has 1 aliphatic rings. The minimum absolute atomic E-state index is 0.293. The van der Waals surface area contributed by atoms with Crippen molar-refractivity contribution in [2.24, 2.45) is 0 Å². The molecule has 1 fully saturated rings. The maximum absolute atomic E-state index is 12.9. The van der Waals surface area contributed by atoms with Crippen LogP contribution in [0, 0.1) is 13.8 Å². The zero-order valence-corrected chi connectivity index (χ0v) is 16.8. The van der Waals surface area contributed by atoms with Crippen LogP contribution in [0.3, 0.4) is 0 Å². The number of aromatic amines is 1. The maximum Gasteiger partial charge on any atom is 0.329 e. The summed E-state index contributed by atoms with van der Waals surface area (Å²) in [5, 5.41) is 14.3. The minimum Gasteiger partial charge on any atom is -0.361 e. The molecule has 8 nitrogen and oxygen atoms in total. The molecule has 1 saturated heterocycles. The van der Waals surface area contributed by atoms with Gasteiger partial charge in [0.15, 0.2) is 0 Å². The number of benzene rings is 1. The van der Waals surface area contributed by atoms with Gasteiger partial charge in [-0.2, -0.15) is 5.10 Å². The zero-order chi connectivity index (χ0) is 20.5. The Morgan fingerprint density at radius 1 is 1.28 bits per heavy atom. The predicted octanol–water partition coefficient (Wildman–Crippen LogP) is 3.32. The molecule has 0 spiro atoms. The second-order valence-corrected chi connectivity index (χ2v) is 7.49. The molecule has 1 unspecified atom stereocenters. The number of amides is 3. The zero-order valence-electron chi connectivity index (χ0n) is 16.0. The van der Waals surface area contributed by atoms with Gasteiger partial charge >= 0.3 is 6.03 Å². The molecule has 2 N–H and O–H groups in total. The Hall–Kier alpha value is -3.13. The lowest BCUT2D eigenvalue weighted by molar-refractivity contribution is -0.118. The summed E-state index contributed by atoms with van der Waals surface area (Å²) in [6.45, 7) is 3.67. The van der Waals surface area contributed by atoms with E-state index in [1.165, 1.54) is 6.20 Å². The Balaban J connectivity index is 1.50. The molecule has 1 aliphatic heterocycles. The number of aromatic nitrogens is 3. The van der Waals surface area contributed by atoms with E-state index in [0.29, 0.717) is 41.4 Å². The third kappa shape index (κ3) is 3.75. The number of carbonyl (C=O) groups excluding carboxylic acids is 2. The molecular weight excluding hydrogens is 394 g/mol. The van der Waals surface area contributed by atoms with Gasteiger partial charge in [0, 0.05) is 17.0 Å². The lowest BCUT2D eigenvalue weighted by Gasteiger charge is -2.13. The van der Waals surface area contributed by atoms with Gasteiger partial charge in [-0.1, -0.05) is 28.9 Å². The summed E-state index contributed by atoms with van der Waals surface area (Å²) >= 11 is 6.01. The molecule has 9 heteroatoms. The molecule has 3 aromatic rings. The van der Waals surface area contributed by atoms with E-state index >= 15 is 0 Å². The third-order valence-corrected chi connectivity index (χ3v) is 5.34. The normalized spacial score (nSPS) is 16.5. The van der Waals surface area contributed by atoms with E-state index < -0.39 is 12.1 Å². The SMILES string of the molecule is Cc1noc(C)c1Cc1[nH]ncc1N1C(=O)NC(CCc2cccc(Cl)c2)C1=O. The topological polar surface area (TPSA) is 104 Å². The van der Waals surface area contributed by atoms with Crippen LogP contribution in [0.5, 0.6) is 0 Å². The number of halogens is 1. The fourth-order valence-electron chi connectivity index (χ4n) is 3.52. The van der Waals surface area contributed by atoms with Crippen LogP contribution in [0.1, 0.15) is 34.7 Å². The summed E-state index contributed by atoms with van der Waals surface area (Å²) in [6, 6.07) is 6.43. The second kappa shape index (κ2) is 7.71. The van der Waals surface area contributed by atoms with E-state index in [2.05, 4.69) is 20.7 Å². The third-order valence-electron chi connectivity index (χ3n) is 5.10. The first-order valence-electron chi connectivity index (χ1n) is 9.27. The Morgan fingerprint density at radius 2 is 2.10 bits per heavy atom. The molecule has 1 atom stereocenters. The number of nitrogens with zero attached hydrogens (tertiary/aromatic N) is 3. The van der Waals surface area contributed by atoms with Crippen molar-refractivity contribution in [3.63, 3.8) is 0 Å². The first kappa shape index (κ1) is 19.2. The smallest absolute Gasteiger partial charge is 0.329 e. The molecule has 0 bridgehead atoms. The molecule has 2 aromatic heterocycles. The average Bonchev–Trinajstić information content (AvgIpc) is 3.34. The fourth-order valence-corrected chi connectivity index (χ4v) is 3.73. The molecule has 29 heavy (non-hydrogen) atoms. The summed E-state index contributed by atoms with van der Waals surface area (Å²) in [4.78, 5) is 26.6. The summed E-state index contributed by atoms with van der Waals surface area (Å²) in [7, 11) is 0. The molecule has 0 saturated carbocycles. The summed E-state index contributed by atoms with van der Waals surface area (Å²) in [5.74, 6) is 0.401. The van der Waals surface area contributed by atoms with Crippen molar-refractivity contribution in [1.82, 2.24) is 20.7 Å². The molecule has 0 radical (unpaired) electrons. The molecule has 150 valence electrons. The van der Waals surface area contributed by atoms with Crippen molar-refractivity contribution < 1.29 is 14.1 Å². The van der Waals surface area contributed by atoms with Crippen molar-refractivity contribution in [3.8, 4) is 0 Å².